The van der Waals surface area contributed by atoms with E-state index in [1.165, 1.54) is 34.2 Å². The topological polar surface area (TPSA) is 109 Å². The monoisotopic (exact) mass is 647 g/mol. The van der Waals surface area contributed by atoms with E-state index in [0.717, 1.165) is 0 Å². The first kappa shape index (κ1) is 27.3. The molecule has 9 nitrogen and oxygen atoms in total. The van der Waals surface area contributed by atoms with E-state index in [4.69, 9.17) is 0 Å². The summed E-state index contributed by atoms with van der Waals surface area (Å²) in [4.78, 5) is 43.8. The molecule has 0 bridgehead atoms. The smallest absolute Gasteiger partial charge is 0.294 e. The number of halogens is 5. The van der Waals surface area contributed by atoms with Gasteiger partial charge in [0.15, 0.2) is 0 Å². The van der Waals surface area contributed by atoms with E-state index in [0.29, 0.717) is 23.9 Å². The van der Waals surface area contributed by atoms with Crippen LogP contribution in [0.2, 0.25) is 0 Å². The first-order chi connectivity index (χ1) is 17.4. The van der Waals surface area contributed by atoms with Crippen molar-refractivity contribution >= 4 is 55.0 Å². The van der Waals surface area contributed by atoms with Gasteiger partial charge in [0.1, 0.15) is 5.69 Å². The molecule has 2 aromatic rings. The summed E-state index contributed by atoms with van der Waals surface area (Å²) in [5.41, 5.74) is -0.657. The molecule has 0 saturated carbocycles. The number of nitro benzene ring substituents is 1. The van der Waals surface area contributed by atoms with Crippen LogP contribution in [0.1, 0.15) is 46.4 Å². The van der Waals surface area contributed by atoms with Gasteiger partial charge in [-0.25, -0.2) is 13.8 Å². The second-order valence-corrected chi connectivity index (χ2v) is 10.8. The number of likely N-dealkylation sites (tertiary alicyclic amines) is 2. The highest BCUT2D eigenvalue weighted by Gasteiger charge is 2.37. The summed E-state index contributed by atoms with van der Waals surface area (Å²) in [6.07, 6.45) is 1.32. The molecule has 1 atom stereocenters. The molecule has 0 radical (unpaired) electrons. The number of carbonyl (C=O) groups is 2. The van der Waals surface area contributed by atoms with Gasteiger partial charge in [-0.15, -0.1) is 0 Å². The molecular formula is C23H22Br2F3N5O4. The number of hydrogen-bond acceptors (Lipinski definition) is 6. The van der Waals surface area contributed by atoms with E-state index in [9.17, 15) is 32.9 Å². The fourth-order valence-electron chi connectivity index (χ4n) is 4.49. The Kier molecular flexibility index (Phi) is 8.07. The summed E-state index contributed by atoms with van der Waals surface area (Å²) in [5.74, 6) is -4.95. The normalized spacial score (nSPS) is 19.4. The number of piperidine rings is 2. The van der Waals surface area contributed by atoms with Gasteiger partial charge < -0.3 is 15.1 Å². The maximum atomic E-state index is 14.2. The maximum Gasteiger partial charge on any atom is 0.294 e. The minimum Gasteiger partial charge on any atom is -0.374 e. The number of benzene rings is 1. The van der Waals surface area contributed by atoms with Crippen LogP contribution in [0.5, 0.6) is 0 Å². The first-order valence-electron chi connectivity index (χ1n) is 11.5. The predicted octanol–water partition coefficient (Wildman–Crippen LogP) is 5.24. The molecule has 2 amide bonds. The van der Waals surface area contributed by atoms with Gasteiger partial charge in [-0.05, 0) is 40.9 Å². The number of rotatable bonds is 5. The lowest BCUT2D eigenvalue weighted by Gasteiger charge is -2.35. The summed E-state index contributed by atoms with van der Waals surface area (Å²) in [7, 11) is 0. The third-order valence-electron chi connectivity index (χ3n) is 6.38. The quantitative estimate of drug-likeness (QED) is 0.270. The number of aromatic nitrogens is 1. The van der Waals surface area contributed by atoms with Crippen molar-refractivity contribution in [2.75, 3.05) is 31.5 Å². The summed E-state index contributed by atoms with van der Waals surface area (Å²) in [6.45, 7) is 0.0911. The fraction of sp³-hybridized carbons (Fsp3) is 0.435. The molecule has 2 aliphatic rings. The second-order valence-electron chi connectivity index (χ2n) is 8.98. The Bertz CT molecular complexity index is 1240. The van der Waals surface area contributed by atoms with Crippen LogP contribution in [0.15, 0.2) is 33.3 Å². The van der Waals surface area contributed by atoms with Crippen molar-refractivity contribution in [2.24, 2.45) is 0 Å². The molecule has 37 heavy (non-hydrogen) atoms. The van der Waals surface area contributed by atoms with Crippen LogP contribution in [-0.2, 0) is 0 Å². The lowest BCUT2D eigenvalue weighted by Crippen LogP contribution is -2.46. The van der Waals surface area contributed by atoms with Crippen LogP contribution in [0, 0.1) is 16.1 Å². The van der Waals surface area contributed by atoms with Gasteiger partial charge in [0.05, 0.1) is 16.1 Å². The van der Waals surface area contributed by atoms with Crippen molar-refractivity contribution in [3.05, 3.63) is 60.5 Å². The minimum absolute atomic E-state index is 0.0306. The zero-order chi connectivity index (χ0) is 26.9. The summed E-state index contributed by atoms with van der Waals surface area (Å²) < 4.78 is 42.2. The highest BCUT2D eigenvalue weighted by atomic mass is 79.9. The molecular weight excluding hydrogens is 627 g/mol. The van der Waals surface area contributed by atoms with E-state index in [1.54, 1.807) is 0 Å². The van der Waals surface area contributed by atoms with E-state index >= 15 is 0 Å². The standard InChI is InChI=1S/C23H22Br2F3N5O4/c24-13-8-16(21(34)31-6-3-23(27,28)4-7-31)19(18(10-13)33(36)37)30-15-2-1-5-32(12-15)22(35)17-9-14(25)11-29-20(17)26/h8-11,15,30H,1-7,12H2/t15-/m1/s1. The minimum atomic E-state index is -2.86. The Hall–Kier alpha value is -2.74. The number of nitrogens with one attached hydrogen (secondary N) is 1. The van der Waals surface area contributed by atoms with Gasteiger partial charge in [-0.2, -0.15) is 4.39 Å². The summed E-state index contributed by atoms with van der Waals surface area (Å²) >= 11 is 6.37. The average Bonchev–Trinajstić information content (AvgIpc) is 2.85. The van der Waals surface area contributed by atoms with Gasteiger partial charge in [-0.3, -0.25) is 19.7 Å². The number of nitrogens with zero attached hydrogens (tertiary/aromatic N) is 4. The first-order valence-corrected chi connectivity index (χ1v) is 13.1. The Morgan fingerprint density at radius 3 is 2.38 bits per heavy atom. The van der Waals surface area contributed by atoms with Crippen LogP contribution >= 0.6 is 31.9 Å². The van der Waals surface area contributed by atoms with E-state index < -0.39 is 47.5 Å². The van der Waals surface area contributed by atoms with Crippen molar-refractivity contribution in [3.8, 4) is 0 Å². The Balaban J connectivity index is 1.60. The average molecular weight is 649 g/mol. The SMILES string of the molecule is O=C(c1cc(Br)cnc1F)N1CCC[C@@H](Nc2c(C(=O)N3CCC(F)(F)CC3)cc(Br)cc2[N+](=O)[O-])C1. The predicted molar refractivity (Wildman–Crippen MR) is 135 cm³/mol. The zero-order valence-electron chi connectivity index (χ0n) is 19.4. The van der Waals surface area contributed by atoms with E-state index in [2.05, 4.69) is 42.2 Å². The van der Waals surface area contributed by atoms with Gasteiger partial charge in [-0.1, -0.05) is 15.9 Å². The molecule has 0 spiro atoms. The highest BCUT2D eigenvalue weighted by Crippen LogP contribution is 2.36. The van der Waals surface area contributed by atoms with Crippen LogP contribution in [0.3, 0.4) is 0 Å². The third-order valence-corrected chi connectivity index (χ3v) is 7.28. The molecule has 198 valence electrons. The molecule has 2 aliphatic heterocycles. The molecule has 1 aromatic carbocycles. The van der Waals surface area contributed by atoms with Gasteiger partial charge in [0.25, 0.3) is 23.4 Å². The van der Waals surface area contributed by atoms with Crippen LogP contribution in [0.4, 0.5) is 24.5 Å². The highest BCUT2D eigenvalue weighted by molar-refractivity contribution is 9.10. The van der Waals surface area contributed by atoms with E-state index in [1.807, 2.05) is 0 Å². The summed E-state index contributed by atoms with van der Waals surface area (Å²) in [6, 6.07) is 3.51. The Labute approximate surface area is 226 Å². The molecule has 0 aliphatic carbocycles. The Morgan fingerprint density at radius 1 is 1.05 bits per heavy atom. The second kappa shape index (κ2) is 10.9. The lowest BCUT2D eigenvalue weighted by molar-refractivity contribution is -0.384. The largest absolute Gasteiger partial charge is 0.374 e. The molecule has 14 heteroatoms. The molecule has 4 rings (SSSR count). The molecule has 0 unspecified atom stereocenters. The number of amides is 2. The van der Waals surface area contributed by atoms with Gasteiger partial charge >= 0.3 is 0 Å². The van der Waals surface area contributed by atoms with Crippen molar-refractivity contribution in [2.45, 2.75) is 37.6 Å². The molecule has 3 heterocycles. The molecule has 2 saturated heterocycles. The number of anilines is 1. The van der Waals surface area contributed by atoms with Crippen LogP contribution < -0.4 is 5.32 Å². The molecule has 1 aromatic heterocycles. The number of hydrogen-bond donors (Lipinski definition) is 1. The number of nitro groups is 1. The lowest BCUT2D eigenvalue weighted by atomic mass is 10.0. The number of pyridine rings is 1. The number of alkyl halides is 2. The van der Waals surface area contributed by atoms with Gasteiger partial charge in [0.2, 0.25) is 5.95 Å². The fourth-order valence-corrected chi connectivity index (χ4v) is 5.27. The van der Waals surface area contributed by atoms with Crippen molar-refractivity contribution in [3.63, 3.8) is 0 Å². The van der Waals surface area contributed by atoms with E-state index in [-0.39, 0.29) is 46.6 Å². The van der Waals surface area contributed by atoms with Crippen LogP contribution in [0.25, 0.3) is 0 Å². The van der Waals surface area contributed by atoms with Gasteiger partial charge in [0, 0.05) is 66.3 Å². The Morgan fingerprint density at radius 2 is 1.70 bits per heavy atom. The zero-order valence-corrected chi connectivity index (χ0v) is 22.5. The van der Waals surface area contributed by atoms with Crippen molar-refractivity contribution in [1.82, 2.24) is 14.8 Å². The maximum absolute atomic E-state index is 14.2. The molecule has 2 fully saturated rings. The number of carbonyl (C=O) groups excluding carboxylic acids is 2. The van der Waals surface area contributed by atoms with Crippen molar-refractivity contribution in [1.29, 1.82) is 0 Å². The van der Waals surface area contributed by atoms with Crippen LogP contribution in [-0.4, -0.2) is 69.7 Å². The third kappa shape index (κ3) is 6.22. The van der Waals surface area contributed by atoms with Crippen molar-refractivity contribution < 1.29 is 27.7 Å². The molecule has 1 N–H and O–H groups in total. The summed E-state index contributed by atoms with van der Waals surface area (Å²) in [5, 5.41) is 14.9.